The molecule has 1 aliphatic heterocycles. The summed E-state index contributed by atoms with van der Waals surface area (Å²) in [6.45, 7) is 6.57. The van der Waals surface area contributed by atoms with Crippen molar-refractivity contribution >= 4 is 16.9 Å². The molecule has 4 rings (SSSR count). The van der Waals surface area contributed by atoms with Gasteiger partial charge in [-0.1, -0.05) is 18.2 Å². The number of piperidine rings is 1. The van der Waals surface area contributed by atoms with E-state index in [9.17, 15) is 9.59 Å². The zero-order chi connectivity index (χ0) is 20.4. The van der Waals surface area contributed by atoms with Gasteiger partial charge >= 0.3 is 5.63 Å². The number of rotatable bonds is 4. The fourth-order valence-electron chi connectivity index (χ4n) is 3.95. The Hall–Kier alpha value is -2.92. The van der Waals surface area contributed by atoms with Crippen molar-refractivity contribution in [3.63, 3.8) is 0 Å². The van der Waals surface area contributed by atoms with E-state index in [0.717, 1.165) is 42.4 Å². The molecule has 1 aliphatic rings. The van der Waals surface area contributed by atoms with Crippen LogP contribution in [0.15, 0.2) is 57.7 Å². The third-order valence-electron chi connectivity index (χ3n) is 5.80. The van der Waals surface area contributed by atoms with Crippen molar-refractivity contribution in [2.24, 2.45) is 0 Å². The summed E-state index contributed by atoms with van der Waals surface area (Å²) in [5.41, 5.74) is 4.36. The van der Waals surface area contributed by atoms with Gasteiger partial charge in [0.25, 0.3) is 5.91 Å². The van der Waals surface area contributed by atoms with Gasteiger partial charge in [0.2, 0.25) is 0 Å². The minimum absolute atomic E-state index is 0.0124. The summed E-state index contributed by atoms with van der Waals surface area (Å²) < 4.78 is 5.41. The van der Waals surface area contributed by atoms with Crippen LogP contribution in [-0.4, -0.2) is 29.9 Å². The molecule has 0 spiro atoms. The lowest BCUT2D eigenvalue weighted by molar-refractivity contribution is 0.0909. The maximum absolute atomic E-state index is 12.4. The van der Waals surface area contributed by atoms with Crippen molar-refractivity contribution in [1.29, 1.82) is 0 Å². The Morgan fingerprint density at radius 2 is 1.76 bits per heavy atom. The number of hydrogen-bond acceptors (Lipinski definition) is 4. The molecule has 150 valence electrons. The van der Waals surface area contributed by atoms with Crippen LogP contribution in [0.5, 0.6) is 0 Å². The van der Waals surface area contributed by atoms with E-state index < -0.39 is 0 Å². The molecule has 0 aliphatic carbocycles. The Bertz CT molecular complexity index is 1080. The van der Waals surface area contributed by atoms with E-state index >= 15 is 0 Å². The molecule has 1 aromatic heterocycles. The molecule has 0 atom stereocenters. The molecular weight excluding hydrogens is 364 g/mol. The average molecular weight is 390 g/mol. The van der Waals surface area contributed by atoms with Gasteiger partial charge < -0.3 is 9.73 Å². The predicted molar refractivity (Wildman–Crippen MR) is 114 cm³/mol. The summed E-state index contributed by atoms with van der Waals surface area (Å²) in [4.78, 5) is 26.7. The summed E-state index contributed by atoms with van der Waals surface area (Å²) in [7, 11) is 0. The number of amides is 1. The van der Waals surface area contributed by atoms with Crippen molar-refractivity contribution in [2.75, 3.05) is 13.1 Å². The lowest BCUT2D eigenvalue weighted by atomic mass is 10.0. The van der Waals surface area contributed by atoms with E-state index in [1.54, 1.807) is 6.07 Å². The Kier molecular flexibility index (Phi) is 5.49. The quantitative estimate of drug-likeness (QED) is 0.688. The highest BCUT2D eigenvalue weighted by Crippen LogP contribution is 2.24. The van der Waals surface area contributed by atoms with Crippen LogP contribution in [0.3, 0.4) is 0 Å². The zero-order valence-corrected chi connectivity index (χ0v) is 16.9. The molecule has 5 nitrogen and oxygen atoms in total. The Labute approximate surface area is 170 Å². The van der Waals surface area contributed by atoms with Gasteiger partial charge in [-0.2, -0.15) is 0 Å². The van der Waals surface area contributed by atoms with Gasteiger partial charge in [-0.15, -0.1) is 0 Å². The van der Waals surface area contributed by atoms with Crippen molar-refractivity contribution in [2.45, 2.75) is 39.3 Å². The Morgan fingerprint density at radius 1 is 1.07 bits per heavy atom. The van der Waals surface area contributed by atoms with E-state index in [0.29, 0.717) is 17.7 Å². The molecule has 1 N–H and O–H groups in total. The minimum atomic E-state index is -0.305. The zero-order valence-electron chi connectivity index (χ0n) is 16.9. The molecule has 1 amide bonds. The fraction of sp³-hybridized carbons (Fsp3) is 0.333. The summed E-state index contributed by atoms with van der Waals surface area (Å²) in [5.74, 6) is -0.0124. The molecule has 2 aromatic carbocycles. The van der Waals surface area contributed by atoms with E-state index in [-0.39, 0.29) is 17.6 Å². The number of hydrogen-bond donors (Lipinski definition) is 1. The van der Waals surface area contributed by atoms with Crippen LogP contribution in [-0.2, 0) is 6.54 Å². The molecule has 2 heterocycles. The first-order chi connectivity index (χ1) is 14.0. The number of likely N-dealkylation sites (tertiary alicyclic amines) is 1. The number of fused-ring (bicyclic) bond motifs is 1. The average Bonchev–Trinajstić information content (AvgIpc) is 2.71. The first-order valence-electron chi connectivity index (χ1n) is 10.1. The minimum Gasteiger partial charge on any atom is -0.423 e. The highest BCUT2D eigenvalue weighted by atomic mass is 16.4. The molecule has 1 fully saturated rings. The Balaban J connectivity index is 1.42. The summed E-state index contributed by atoms with van der Waals surface area (Å²) in [6.07, 6.45) is 1.80. The van der Waals surface area contributed by atoms with Crippen molar-refractivity contribution < 1.29 is 9.21 Å². The largest absolute Gasteiger partial charge is 0.423 e. The standard InChI is InChI=1S/C24H26N2O3/c1-16-12-21-19(14-23(27)29-22(21)13-17(16)2)15-26-10-8-20(9-11-26)25-24(28)18-6-4-3-5-7-18/h3-7,12-14,20H,8-11,15H2,1-2H3,(H,25,28). The van der Waals surface area contributed by atoms with E-state index in [1.807, 2.05) is 43.3 Å². The van der Waals surface area contributed by atoms with Gasteiger partial charge in [-0.3, -0.25) is 9.69 Å². The van der Waals surface area contributed by atoms with Crippen LogP contribution in [0.25, 0.3) is 11.0 Å². The first-order valence-corrected chi connectivity index (χ1v) is 10.1. The molecule has 0 unspecified atom stereocenters. The second kappa shape index (κ2) is 8.21. The topological polar surface area (TPSA) is 62.6 Å². The number of nitrogens with zero attached hydrogens (tertiary/aromatic N) is 1. The maximum Gasteiger partial charge on any atom is 0.336 e. The van der Waals surface area contributed by atoms with Crippen LogP contribution in [0, 0.1) is 13.8 Å². The first kappa shape index (κ1) is 19.4. The lowest BCUT2D eigenvalue weighted by Crippen LogP contribution is -2.44. The number of carbonyl (C=O) groups is 1. The SMILES string of the molecule is Cc1cc2oc(=O)cc(CN3CCC(NC(=O)c4ccccc4)CC3)c2cc1C. The molecule has 3 aromatic rings. The number of carbonyl (C=O) groups excluding carboxylic acids is 1. The number of nitrogens with one attached hydrogen (secondary N) is 1. The van der Waals surface area contributed by atoms with Crippen LogP contribution in [0.1, 0.15) is 39.9 Å². The Morgan fingerprint density at radius 3 is 2.48 bits per heavy atom. The van der Waals surface area contributed by atoms with Gasteiger partial charge in [0, 0.05) is 42.7 Å². The lowest BCUT2D eigenvalue weighted by Gasteiger charge is -2.32. The summed E-state index contributed by atoms with van der Waals surface area (Å²) >= 11 is 0. The van der Waals surface area contributed by atoms with Gasteiger partial charge in [0.15, 0.2) is 0 Å². The van der Waals surface area contributed by atoms with Gasteiger partial charge in [-0.25, -0.2) is 4.79 Å². The summed E-state index contributed by atoms with van der Waals surface area (Å²) in [5, 5.41) is 4.15. The van der Waals surface area contributed by atoms with Gasteiger partial charge in [0.1, 0.15) is 5.58 Å². The van der Waals surface area contributed by atoms with Crippen LogP contribution >= 0.6 is 0 Å². The van der Waals surface area contributed by atoms with Crippen molar-refractivity contribution in [1.82, 2.24) is 10.2 Å². The number of benzene rings is 2. The van der Waals surface area contributed by atoms with E-state index in [4.69, 9.17) is 4.42 Å². The predicted octanol–water partition coefficient (Wildman–Crippen LogP) is 3.80. The third-order valence-corrected chi connectivity index (χ3v) is 5.80. The normalized spacial score (nSPS) is 15.5. The third kappa shape index (κ3) is 4.40. The van der Waals surface area contributed by atoms with Gasteiger partial charge in [0.05, 0.1) is 0 Å². The molecule has 5 heteroatoms. The van der Waals surface area contributed by atoms with E-state index in [2.05, 4.69) is 23.2 Å². The maximum atomic E-state index is 12.4. The molecular formula is C24H26N2O3. The monoisotopic (exact) mass is 390 g/mol. The van der Waals surface area contributed by atoms with Crippen molar-refractivity contribution in [3.8, 4) is 0 Å². The van der Waals surface area contributed by atoms with Gasteiger partial charge in [-0.05, 0) is 67.6 Å². The smallest absolute Gasteiger partial charge is 0.336 e. The van der Waals surface area contributed by atoms with Crippen LogP contribution in [0.4, 0.5) is 0 Å². The second-order valence-electron chi connectivity index (χ2n) is 7.91. The summed E-state index contributed by atoms with van der Waals surface area (Å²) in [6, 6.07) is 15.2. The molecule has 1 saturated heterocycles. The number of aryl methyl sites for hydroxylation is 2. The highest BCUT2D eigenvalue weighted by Gasteiger charge is 2.22. The van der Waals surface area contributed by atoms with Crippen LogP contribution in [0.2, 0.25) is 0 Å². The molecule has 0 radical (unpaired) electrons. The van der Waals surface area contributed by atoms with Crippen LogP contribution < -0.4 is 10.9 Å². The second-order valence-corrected chi connectivity index (χ2v) is 7.91. The fourth-order valence-corrected chi connectivity index (χ4v) is 3.95. The molecule has 0 saturated carbocycles. The molecule has 29 heavy (non-hydrogen) atoms. The van der Waals surface area contributed by atoms with E-state index in [1.165, 1.54) is 5.56 Å². The molecule has 0 bridgehead atoms. The van der Waals surface area contributed by atoms with Crippen molar-refractivity contribution in [3.05, 3.63) is 81.2 Å². The highest BCUT2D eigenvalue weighted by molar-refractivity contribution is 5.94.